The molecule has 0 saturated carbocycles. The molecule has 2 N–H and O–H groups in total. The molecule has 228 valence electrons. The summed E-state index contributed by atoms with van der Waals surface area (Å²) in [5, 5.41) is 26.8. The molecule has 2 aliphatic heterocycles. The molecule has 0 bridgehead atoms. The minimum atomic E-state index is -0.541. The second kappa shape index (κ2) is 14.5. The molecular weight excluding hydrogens is 653 g/mol. The molecule has 4 rings (SSSR count). The van der Waals surface area contributed by atoms with Crippen LogP contribution >= 0.6 is 48.0 Å². The van der Waals surface area contributed by atoms with Gasteiger partial charge in [-0.05, 0) is 37.1 Å². The molecule has 2 aliphatic rings. The van der Waals surface area contributed by atoms with Crippen LogP contribution < -0.4 is 10.6 Å². The average Bonchev–Trinajstić information content (AvgIpc) is 3.42. The van der Waals surface area contributed by atoms with E-state index in [1.54, 1.807) is 0 Å². The molecule has 14 nitrogen and oxygen atoms in total. The predicted octanol–water partition coefficient (Wildman–Crippen LogP) is 4.57. The lowest BCUT2D eigenvalue weighted by Gasteiger charge is -2.14. The Hall–Kier alpha value is -4.26. The van der Waals surface area contributed by atoms with Crippen molar-refractivity contribution in [3.8, 4) is 0 Å². The smallest absolute Gasteiger partial charge is 0.269 e. The van der Waals surface area contributed by atoms with E-state index >= 15 is 0 Å². The van der Waals surface area contributed by atoms with Crippen molar-refractivity contribution in [2.24, 2.45) is 0 Å². The number of nitro benzene ring substituents is 2. The van der Waals surface area contributed by atoms with Crippen molar-refractivity contribution in [2.45, 2.75) is 25.7 Å². The van der Waals surface area contributed by atoms with Gasteiger partial charge < -0.3 is 10.6 Å². The van der Waals surface area contributed by atoms with Crippen LogP contribution in [-0.4, -0.2) is 65.0 Å². The van der Waals surface area contributed by atoms with Gasteiger partial charge >= 0.3 is 0 Å². The molecule has 44 heavy (non-hydrogen) atoms. The van der Waals surface area contributed by atoms with E-state index in [-0.39, 0.29) is 80.4 Å². The molecule has 0 aliphatic carbocycles. The summed E-state index contributed by atoms with van der Waals surface area (Å²) in [6.07, 6.45) is 0.676. The molecule has 0 radical (unpaired) electrons. The van der Waals surface area contributed by atoms with Crippen LogP contribution in [0.25, 0.3) is 0 Å². The first kappa shape index (κ1) is 32.6. The summed E-state index contributed by atoms with van der Waals surface area (Å²) >= 11 is 12.7. The van der Waals surface area contributed by atoms with E-state index < -0.39 is 21.7 Å². The Balaban J connectivity index is 1.25. The molecule has 2 fully saturated rings. The van der Waals surface area contributed by atoms with Crippen molar-refractivity contribution >= 4 is 103 Å². The highest BCUT2D eigenvalue weighted by Crippen LogP contribution is 2.42. The predicted molar refractivity (Wildman–Crippen MR) is 173 cm³/mol. The van der Waals surface area contributed by atoms with Gasteiger partial charge in [-0.1, -0.05) is 48.0 Å². The zero-order chi connectivity index (χ0) is 32.0. The summed E-state index contributed by atoms with van der Waals surface area (Å²) in [6.45, 7) is 0.290. The topological polar surface area (TPSA) is 185 Å². The third kappa shape index (κ3) is 8.01. The fraction of sp³-hybridized carbons (Fsp3) is 0.231. The number of amides is 4. The number of thiocarbonyl (C=S) groups is 2. The number of carbonyl (C=O) groups is 4. The van der Waals surface area contributed by atoms with Crippen molar-refractivity contribution in [1.29, 1.82) is 0 Å². The SMILES string of the molecule is O=C(CCCN1C(=O)/C(=C2\SC(=S)N(CCCC(=O)Nc3ccc([N+](=O)[O-])cc3)C2=O)SC1=S)Nc1ccc([N+](=O)[O-])cc1. The van der Waals surface area contributed by atoms with Gasteiger partial charge in [-0.25, -0.2) is 0 Å². The second-order valence-corrected chi connectivity index (χ2v) is 12.5. The number of thioether (sulfide) groups is 2. The Kier molecular flexibility index (Phi) is 10.7. The lowest BCUT2D eigenvalue weighted by Crippen LogP contribution is -2.31. The number of nitrogens with zero attached hydrogens (tertiary/aromatic N) is 4. The Morgan fingerprint density at radius 3 is 1.34 bits per heavy atom. The van der Waals surface area contributed by atoms with E-state index in [1.807, 2.05) is 0 Å². The Morgan fingerprint density at radius 1 is 0.682 bits per heavy atom. The monoisotopic (exact) mass is 674 g/mol. The fourth-order valence-corrected chi connectivity index (χ4v) is 6.80. The molecule has 0 spiro atoms. The standard InChI is InChI=1S/C26H22N6O8S4/c33-19(27-15-5-9-17(10-6-15)31(37)38)3-1-13-29-23(35)21(43-25(29)41)22-24(36)30(26(42)44-22)14-2-4-20(34)28-16-7-11-18(12-8-16)32(39)40/h5-12H,1-4,13-14H2,(H,27,33)(H,28,34)/b22-21+. The van der Waals surface area contributed by atoms with Crippen molar-refractivity contribution < 1.29 is 29.0 Å². The number of anilines is 2. The van der Waals surface area contributed by atoms with Crippen LogP contribution in [0.5, 0.6) is 0 Å². The zero-order valence-electron chi connectivity index (χ0n) is 22.5. The van der Waals surface area contributed by atoms with Crippen LogP contribution in [0.4, 0.5) is 22.7 Å². The van der Waals surface area contributed by atoms with Gasteiger partial charge in [0.15, 0.2) is 0 Å². The van der Waals surface area contributed by atoms with Crippen molar-refractivity contribution in [3.63, 3.8) is 0 Å². The van der Waals surface area contributed by atoms with Gasteiger partial charge in [0.05, 0.1) is 19.7 Å². The summed E-state index contributed by atoms with van der Waals surface area (Å²) in [6, 6.07) is 10.8. The summed E-state index contributed by atoms with van der Waals surface area (Å²) < 4.78 is 0.489. The highest BCUT2D eigenvalue weighted by Gasteiger charge is 2.41. The first-order valence-electron chi connectivity index (χ1n) is 12.8. The van der Waals surface area contributed by atoms with Gasteiger partial charge in [-0.2, -0.15) is 0 Å². The molecule has 4 amide bonds. The number of hydrogen-bond acceptors (Lipinski definition) is 12. The molecular formula is C26H22N6O8S4. The number of rotatable bonds is 12. The Labute approximate surface area is 268 Å². The second-order valence-electron chi connectivity index (χ2n) is 9.22. The van der Waals surface area contributed by atoms with Crippen molar-refractivity contribution in [3.05, 3.63) is 78.6 Å². The summed E-state index contributed by atoms with van der Waals surface area (Å²) in [4.78, 5) is 74.3. The average molecular weight is 675 g/mol. The van der Waals surface area contributed by atoms with Crippen LogP contribution in [0.1, 0.15) is 25.7 Å². The lowest BCUT2D eigenvalue weighted by atomic mass is 10.2. The number of nitro groups is 2. The van der Waals surface area contributed by atoms with Crippen LogP contribution in [0.15, 0.2) is 58.3 Å². The van der Waals surface area contributed by atoms with Crippen LogP contribution in [0, 0.1) is 20.2 Å². The van der Waals surface area contributed by atoms with Gasteiger partial charge in [-0.15, -0.1) is 0 Å². The van der Waals surface area contributed by atoms with Crippen LogP contribution in [-0.2, 0) is 19.2 Å². The third-order valence-electron chi connectivity index (χ3n) is 6.20. The number of benzene rings is 2. The molecule has 0 aromatic heterocycles. The van der Waals surface area contributed by atoms with Crippen LogP contribution in [0.2, 0.25) is 0 Å². The van der Waals surface area contributed by atoms with E-state index in [4.69, 9.17) is 24.4 Å². The highest BCUT2D eigenvalue weighted by molar-refractivity contribution is 8.29. The Morgan fingerprint density at radius 2 is 1.02 bits per heavy atom. The van der Waals surface area contributed by atoms with Gasteiger partial charge in [0.25, 0.3) is 23.2 Å². The molecule has 2 saturated heterocycles. The quantitative estimate of drug-likeness (QED) is 0.138. The van der Waals surface area contributed by atoms with Crippen molar-refractivity contribution in [2.75, 3.05) is 23.7 Å². The maximum Gasteiger partial charge on any atom is 0.269 e. The van der Waals surface area contributed by atoms with Gasteiger partial charge in [0.1, 0.15) is 8.64 Å². The van der Waals surface area contributed by atoms with E-state index in [1.165, 1.54) is 58.3 Å². The zero-order valence-corrected chi connectivity index (χ0v) is 25.8. The maximum atomic E-state index is 13.1. The van der Waals surface area contributed by atoms with E-state index in [9.17, 15) is 39.4 Å². The highest BCUT2D eigenvalue weighted by atomic mass is 32.2. The summed E-state index contributed by atoms with van der Waals surface area (Å²) in [5.41, 5.74) is 0.605. The molecule has 2 aromatic carbocycles. The minimum Gasteiger partial charge on any atom is -0.326 e. The molecule has 2 heterocycles. The molecule has 2 aromatic rings. The number of non-ortho nitro benzene ring substituents is 2. The molecule has 0 atom stereocenters. The number of hydrogen-bond donors (Lipinski definition) is 2. The van der Waals surface area contributed by atoms with E-state index in [0.717, 1.165) is 23.5 Å². The van der Waals surface area contributed by atoms with Crippen molar-refractivity contribution in [1.82, 2.24) is 9.80 Å². The van der Waals surface area contributed by atoms with Crippen LogP contribution in [0.3, 0.4) is 0 Å². The summed E-state index contributed by atoms with van der Waals surface area (Å²) in [5.74, 6) is -1.60. The lowest BCUT2D eigenvalue weighted by molar-refractivity contribution is -0.385. The minimum absolute atomic E-state index is 0.0588. The largest absolute Gasteiger partial charge is 0.326 e. The first-order chi connectivity index (χ1) is 20.9. The number of nitrogens with one attached hydrogen (secondary N) is 2. The maximum absolute atomic E-state index is 13.1. The summed E-state index contributed by atoms with van der Waals surface area (Å²) in [7, 11) is 0. The fourth-order valence-electron chi connectivity index (χ4n) is 4.03. The Bertz CT molecular complexity index is 1480. The molecule has 0 unspecified atom stereocenters. The van der Waals surface area contributed by atoms with E-state index in [2.05, 4.69) is 10.6 Å². The normalized spacial score (nSPS) is 16.5. The third-order valence-corrected chi connectivity index (χ3v) is 9.23. The van der Waals surface area contributed by atoms with Gasteiger partial charge in [0, 0.05) is 61.6 Å². The van der Waals surface area contributed by atoms with E-state index in [0.29, 0.717) is 11.4 Å². The van der Waals surface area contributed by atoms with Gasteiger partial charge in [0.2, 0.25) is 11.8 Å². The number of carbonyl (C=O) groups excluding carboxylic acids is 4. The molecule has 18 heteroatoms. The van der Waals surface area contributed by atoms with Gasteiger partial charge in [-0.3, -0.25) is 49.2 Å². The first-order valence-corrected chi connectivity index (χ1v) is 15.3.